The van der Waals surface area contributed by atoms with Crippen LogP contribution in [0.1, 0.15) is 45.2 Å². The van der Waals surface area contributed by atoms with Gasteiger partial charge < -0.3 is 0 Å². The van der Waals surface area contributed by atoms with Crippen molar-refractivity contribution in [3.63, 3.8) is 0 Å². The first-order chi connectivity index (χ1) is 10.2. The second-order valence-electron chi connectivity index (χ2n) is 6.21. The molecule has 3 rings (SSSR count). The molecular formula is C18H24N2S. The van der Waals surface area contributed by atoms with Gasteiger partial charge in [0, 0.05) is 29.6 Å². The Hall–Kier alpha value is -1.19. The van der Waals surface area contributed by atoms with Gasteiger partial charge >= 0.3 is 0 Å². The van der Waals surface area contributed by atoms with Crippen molar-refractivity contribution < 1.29 is 0 Å². The van der Waals surface area contributed by atoms with E-state index in [-0.39, 0.29) is 0 Å². The maximum Gasteiger partial charge on any atom is 0.123 e. The van der Waals surface area contributed by atoms with E-state index in [4.69, 9.17) is 4.98 Å². The lowest BCUT2D eigenvalue weighted by Gasteiger charge is -2.31. The molecule has 0 spiro atoms. The molecule has 21 heavy (non-hydrogen) atoms. The first-order valence-electron chi connectivity index (χ1n) is 7.99. The highest BCUT2D eigenvalue weighted by molar-refractivity contribution is 7.13. The molecule has 1 heterocycles. The van der Waals surface area contributed by atoms with Gasteiger partial charge in [0.1, 0.15) is 5.01 Å². The van der Waals surface area contributed by atoms with E-state index >= 15 is 0 Å². The van der Waals surface area contributed by atoms with Crippen LogP contribution in [0.15, 0.2) is 35.7 Å². The molecule has 112 valence electrons. The molecule has 1 aliphatic rings. The van der Waals surface area contributed by atoms with E-state index in [1.54, 1.807) is 11.3 Å². The molecule has 1 saturated carbocycles. The number of aromatic nitrogens is 1. The minimum absolute atomic E-state index is 0.593. The van der Waals surface area contributed by atoms with Crippen molar-refractivity contribution in [2.45, 2.75) is 58.2 Å². The second kappa shape index (κ2) is 6.71. The van der Waals surface area contributed by atoms with Gasteiger partial charge in [0.05, 0.1) is 5.69 Å². The molecule has 1 aliphatic carbocycles. The summed E-state index contributed by atoms with van der Waals surface area (Å²) in [5, 5.41) is 3.37. The predicted molar refractivity (Wildman–Crippen MR) is 90.5 cm³/mol. The van der Waals surface area contributed by atoms with Crippen LogP contribution in [0, 0.1) is 0 Å². The summed E-state index contributed by atoms with van der Waals surface area (Å²) in [6.07, 6.45) is 5.49. The highest BCUT2D eigenvalue weighted by Crippen LogP contribution is 2.28. The van der Waals surface area contributed by atoms with Crippen LogP contribution in [0.5, 0.6) is 0 Å². The fourth-order valence-electron chi connectivity index (χ4n) is 3.25. The smallest absolute Gasteiger partial charge is 0.123 e. The zero-order valence-corrected chi connectivity index (χ0v) is 13.8. The van der Waals surface area contributed by atoms with Crippen LogP contribution >= 0.6 is 11.3 Å². The van der Waals surface area contributed by atoms with Crippen molar-refractivity contribution in [1.82, 2.24) is 9.88 Å². The van der Waals surface area contributed by atoms with Gasteiger partial charge in [0.2, 0.25) is 0 Å². The van der Waals surface area contributed by atoms with E-state index in [9.17, 15) is 0 Å². The molecule has 3 heteroatoms. The largest absolute Gasteiger partial charge is 0.292 e. The van der Waals surface area contributed by atoms with Crippen LogP contribution in [0.25, 0.3) is 10.6 Å². The van der Waals surface area contributed by atoms with Crippen LogP contribution in [0.3, 0.4) is 0 Å². The summed E-state index contributed by atoms with van der Waals surface area (Å²) in [6, 6.07) is 11.8. The molecule has 1 aromatic carbocycles. The van der Waals surface area contributed by atoms with Crippen molar-refractivity contribution in [2.75, 3.05) is 0 Å². The topological polar surface area (TPSA) is 16.1 Å². The van der Waals surface area contributed by atoms with Crippen molar-refractivity contribution in [3.8, 4) is 10.6 Å². The Balaban J connectivity index is 1.73. The number of hydrogen-bond acceptors (Lipinski definition) is 3. The molecule has 0 N–H and O–H groups in total. The average molecular weight is 300 g/mol. The van der Waals surface area contributed by atoms with E-state index in [0.29, 0.717) is 6.04 Å². The van der Waals surface area contributed by atoms with Crippen molar-refractivity contribution >= 4 is 11.3 Å². The van der Waals surface area contributed by atoms with Crippen molar-refractivity contribution in [3.05, 3.63) is 41.4 Å². The molecule has 0 radical (unpaired) electrons. The molecule has 0 aliphatic heterocycles. The van der Waals surface area contributed by atoms with E-state index in [0.717, 1.165) is 17.6 Å². The summed E-state index contributed by atoms with van der Waals surface area (Å²) in [6.45, 7) is 5.61. The van der Waals surface area contributed by atoms with Gasteiger partial charge in [-0.2, -0.15) is 0 Å². The van der Waals surface area contributed by atoms with E-state index < -0.39 is 0 Å². The van der Waals surface area contributed by atoms with Gasteiger partial charge in [-0.25, -0.2) is 4.98 Å². The zero-order chi connectivity index (χ0) is 14.7. The quantitative estimate of drug-likeness (QED) is 0.775. The molecule has 0 bridgehead atoms. The average Bonchev–Trinajstić information content (AvgIpc) is 3.17. The van der Waals surface area contributed by atoms with Gasteiger partial charge in [-0.15, -0.1) is 11.3 Å². The van der Waals surface area contributed by atoms with Gasteiger partial charge in [0.15, 0.2) is 0 Å². The fraction of sp³-hybridized carbons (Fsp3) is 0.500. The van der Waals surface area contributed by atoms with Crippen molar-refractivity contribution in [1.29, 1.82) is 0 Å². The highest BCUT2D eigenvalue weighted by Gasteiger charge is 2.25. The molecule has 2 aromatic rings. The standard InChI is InChI=1S/C18H24N2S/c1-14(2)20(17-10-6-7-11-17)12-16-13-21-18(19-16)15-8-4-3-5-9-15/h3-5,8-9,13-14,17H,6-7,10-12H2,1-2H3. The monoisotopic (exact) mass is 300 g/mol. The molecule has 1 aromatic heterocycles. The lowest BCUT2D eigenvalue weighted by atomic mass is 10.1. The van der Waals surface area contributed by atoms with Crippen LogP contribution in [-0.2, 0) is 6.54 Å². The number of nitrogens with zero attached hydrogens (tertiary/aromatic N) is 2. The maximum absolute atomic E-state index is 4.85. The first kappa shape index (κ1) is 14.7. The number of rotatable bonds is 5. The van der Waals surface area contributed by atoms with Gasteiger partial charge in [-0.1, -0.05) is 43.2 Å². The third-order valence-electron chi connectivity index (χ3n) is 4.37. The Morgan fingerprint density at radius 2 is 1.90 bits per heavy atom. The summed E-state index contributed by atoms with van der Waals surface area (Å²) < 4.78 is 0. The molecule has 1 fully saturated rings. The van der Waals surface area contributed by atoms with Crippen molar-refractivity contribution in [2.24, 2.45) is 0 Å². The van der Waals surface area contributed by atoms with Crippen LogP contribution in [0.4, 0.5) is 0 Å². The van der Waals surface area contributed by atoms with Crippen LogP contribution in [0.2, 0.25) is 0 Å². The Morgan fingerprint density at radius 1 is 1.19 bits per heavy atom. The number of benzene rings is 1. The second-order valence-corrected chi connectivity index (χ2v) is 7.07. The minimum atomic E-state index is 0.593. The summed E-state index contributed by atoms with van der Waals surface area (Å²) in [4.78, 5) is 7.49. The third-order valence-corrected chi connectivity index (χ3v) is 5.31. The van der Waals surface area contributed by atoms with E-state index in [1.807, 2.05) is 0 Å². The molecule has 0 unspecified atom stereocenters. The summed E-state index contributed by atoms with van der Waals surface area (Å²) in [7, 11) is 0. The van der Waals surface area contributed by atoms with Crippen LogP contribution < -0.4 is 0 Å². The molecule has 0 amide bonds. The summed E-state index contributed by atoms with van der Waals surface area (Å²) >= 11 is 1.76. The maximum atomic E-state index is 4.85. The molecular weight excluding hydrogens is 276 g/mol. The van der Waals surface area contributed by atoms with E-state index in [2.05, 4.69) is 54.5 Å². The molecule has 0 saturated heterocycles. The Labute approximate surface area is 131 Å². The SMILES string of the molecule is CC(C)N(Cc1csc(-c2ccccc2)n1)C1CCCC1. The van der Waals surface area contributed by atoms with Gasteiger partial charge in [0.25, 0.3) is 0 Å². The Kier molecular flexibility index (Phi) is 4.71. The third kappa shape index (κ3) is 3.53. The summed E-state index contributed by atoms with van der Waals surface area (Å²) in [5.74, 6) is 0. The lowest BCUT2D eigenvalue weighted by molar-refractivity contribution is 0.144. The first-order valence-corrected chi connectivity index (χ1v) is 8.87. The van der Waals surface area contributed by atoms with Gasteiger partial charge in [-0.3, -0.25) is 4.90 Å². The van der Waals surface area contributed by atoms with E-state index in [1.165, 1.54) is 36.9 Å². The number of hydrogen-bond donors (Lipinski definition) is 0. The highest BCUT2D eigenvalue weighted by atomic mass is 32.1. The lowest BCUT2D eigenvalue weighted by Crippen LogP contribution is -2.38. The summed E-state index contributed by atoms with van der Waals surface area (Å²) in [5.41, 5.74) is 2.45. The minimum Gasteiger partial charge on any atom is -0.292 e. The fourth-order valence-corrected chi connectivity index (χ4v) is 4.07. The molecule has 0 atom stereocenters. The Morgan fingerprint density at radius 3 is 2.57 bits per heavy atom. The molecule has 2 nitrogen and oxygen atoms in total. The van der Waals surface area contributed by atoms with Gasteiger partial charge in [-0.05, 0) is 26.7 Å². The Bertz CT molecular complexity index is 556. The van der Waals surface area contributed by atoms with Crippen LogP contribution in [-0.4, -0.2) is 22.0 Å². The predicted octanol–water partition coefficient (Wildman–Crippen LogP) is 4.96. The zero-order valence-electron chi connectivity index (χ0n) is 13.0. The number of thiazole rings is 1. The normalized spacial score (nSPS) is 16.2.